The van der Waals surface area contributed by atoms with Gasteiger partial charge in [0.2, 0.25) is 0 Å². The van der Waals surface area contributed by atoms with E-state index in [-0.39, 0.29) is 18.4 Å². The van der Waals surface area contributed by atoms with Gasteiger partial charge in [-0.3, -0.25) is 0 Å². The Labute approximate surface area is 192 Å². The van der Waals surface area contributed by atoms with E-state index < -0.39 is 0 Å². The van der Waals surface area contributed by atoms with Gasteiger partial charge in [0.05, 0.1) is 0 Å². The number of benzene rings is 2. The van der Waals surface area contributed by atoms with E-state index in [1.54, 1.807) is 0 Å². The fourth-order valence-electron chi connectivity index (χ4n) is 4.45. The Morgan fingerprint density at radius 1 is 0.667 bits per heavy atom. The summed E-state index contributed by atoms with van der Waals surface area (Å²) in [5, 5.41) is 0. The van der Waals surface area contributed by atoms with Crippen LogP contribution in [0.2, 0.25) is 0 Å². The summed E-state index contributed by atoms with van der Waals surface area (Å²) in [5.41, 5.74) is 9.59. The van der Waals surface area contributed by atoms with Gasteiger partial charge in [0, 0.05) is 6.04 Å². The molecule has 0 aliphatic heterocycles. The fraction of sp³-hybridized carbons (Fsp3) is 0.571. The van der Waals surface area contributed by atoms with Gasteiger partial charge in [-0.25, -0.2) is 0 Å². The summed E-state index contributed by atoms with van der Waals surface area (Å²) in [6, 6.07) is 22.1. The van der Waals surface area contributed by atoms with Gasteiger partial charge in [0.15, 0.2) is 0 Å². The molecule has 2 rings (SSSR count). The molecule has 2 heteroatoms. The van der Waals surface area contributed by atoms with Crippen LogP contribution in [0.5, 0.6) is 0 Å². The summed E-state index contributed by atoms with van der Waals surface area (Å²) in [7, 11) is 0. The Balaban J connectivity index is 0.00000450. The molecule has 0 fully saturated rings. The lowest BCUT2D eigenvalue weighted by molar-refractivity contribution is 0.428. The molecule has 0 saturated heterocycles. The summed E-state index contributed by atoms with van der Waals surface area (Å²) in [4.78, 5) is 0. The quantitative estimate of drug-likeness (QED) is 0.281. The molecule has 0 aliphatic carbocycles. The topological polar surface area (TPSA) is 26.0 Å². The average Bonchev–Trinajstić information content (AvgIpc) is 2.77. The van der Waals surface area contributed by atoms with E-state index in [0.29, 0.717) is 11.8 Å². The number of rotatable bonds is 15. The lowest BCUT2D eigenvalue weighted by Crippen LogP contribution is -2.29. The second kappa shape index (κ2) is 16.4. The first-order chi connectivity index (χ1) is 14.2. The van der Waals surface area contributed by atoms with E-state index in [4.69, 9.17) is 5.73 Å². The van der Waals surface area contributed by atoms with E-state index in [1.165, 1.54) is 68.9 Å². The molecule has 2 N–H and O–H groups in total. The number of unbranched alkanes of at least 4 members (excludes halogenated alkanes) is 8. The van der Waals surface area contributed by atoms with Crippen molar-refractivity contribution in [1.29, 1.82) is 0 Å². The van der Waals surface area contributed by atoms with Crippen LogP contribution >= 0.6 is 12.4 Å². The molecule has 3 atom stereocenters. The monoisotopic (exact) mass is 429 g/mol. The molecule has 0 radical (unpaired) electrons. The first kappa shape index (κ1) is 26.7. The average molecular weight is 430 g/mol. The Hall–Kier alpha value is -1.31. The predicted octanol–water partition coefficient (Wildman–Crippen LogP) is 8.63. The van der Waals surface area contributed by atoms with E-state index in [1.807, 2.05) is 0 Å². The van der Waals surface area contributed by atoms with Crippen LogP contribution in [-0.2, 0) is 0 Å². The zero-order valence-corrected chi connectivity index (χ0v) is 20.1. The van der Waals surface area contributed by atoms with E-state index in [2.05, 4.69) is 74.5 Å². The van der Waals surface area contributed by atoms with Gasteiger partial charge in [-0.1, -0.05) is 132 Å². The van der Waals surface area contributed by atoms with Gasteiger partial charge in [-0.15, -0.1) is 12.4 Å². The maximum atomic E-state index is 6.77. The predicted molar refractivity (Wildman–Crippen MR) is 136 cm³/mol. The van der Waals surface area contributed by atoms with Crippen LogP contribution < -0.4 is 5.73 Å². The van der Waals surface area contributed by atoms with Crippen LogP contribution in [0.1, 0.15) is 107 Å². The molecule has 0 heterocycles. The van der Waals surface area contributed by atoms with Crippen molar-refractivity contribution in [3.05, 3.63) is 71.8 Å². The number of halogens is 1. The largest absolute Gasteiger partial charge is 0.327 e. The zero-order valence-electron chi connectivity index (χ0n) is 19.3. The van der Waals surface area contributed by atoms with Gasteiger partial charge in [0.1, 0.15) is 0 Å². The molecule has 0 bridgehead atoms. The lowest BCUT2D eigenvalue weighted by atomic mass is 9.80. The first-order valence-electron chi connectivity index (χ1n) is 12.1. The molecule has 2 aromatic carbocycles. The summed E-state index contributed by atoms with van der Waals surface area (Å²) in [5.74, 6) is 0.955. The standard InChI is InChI=1S/C28H43N.ClH/c1-3-4-5-6-7-8-9-10-17-22-28(29)27(26-20-15-12-16-21-26)23-24(2)25-18-13-11-14-19-25;/h11-16,18-21,24,27-28H,3-10,17,22-23,29H2,1-2H3;1H. The maximum absolute atomic E-state index is 6.77. The molecule has 1 nitrogen and oxygen atoms in total. The number of hydrogen-bond acceptors (Lipinski definition) is 1. The Bertz CT molecular complexity index is 628. The van der Waals surface area contributed by atoms with Crippen molar-refractivity contribution in [3.63, 3.8) is 0 Å². The van der Waals surface area contributed by atoms with Gasteiger partial charge in [0.25, 0.3) is 0 Å². The molecule has 30 heavy (non-hydrogen) atoms. The highest BCUT2D eigenvalue weighted by Gasteiger charge is 2.22. The summed E-state index contributed by atoms with van der Waals surface area (Å²) in [6.45, 7) is 4.63. The highest BCUT2D eigenvalue weighted by atomic mass is 35.5. The SMILES string of the molecule is CCCCCCCCCCCC(N)C(CC(C)c1ccccc1)c1ccccc1.Cl. The highest BCUT2D eigenvalue weighted by Crippen LogP contribution is 2.33. The second-order valence-corrected chi connectivity index (χ2v) is 8.85. The van der Waals surface area contributed by atoms with Crippen molar-refractivity contribution in [2.75, 3.05) is 0 Å². The normalized spacial score (nSPS) is 14.0. The molecule has 2 aromatic rings. The van der Waals surface area contributed by atoms with E-state index >= 15 is 0 Å². The van der Waals surface area contributed by atoms with Crippen molar-refractivity contribution in [1.82, 2.24) is 0 Å². The molecule has 168 valence electrons. The first-order valence-corrected chi connectivity index (χ1v) is 12.1. The highest BCUT2D eigenvalue weighted by molar-refractivity contribution is 5.85. The Morgan fingerprint density at radius 3 is 1.67 bits per heavy atom. The van der Waals surface area contributed by atoms with Crippen LogP contribution in [0, 0.1) is 0 Å². The third kappa shape index (κ3) is 10.1. The van der Waals surface area contributed by atoms with Crippen molar-refractivity contribution < 1.29 is 0 Å². The van der Waals surface area contributed by atoms with Crippen LogP contribution in [0.4, 0.5) is 0 Å². The molecule has 0 aliphatic rings. The third-order valence-electron chi connectivity index (χ3n) is 6.36. The molecule has 0 aromatic heterocycles. The lowest BCUT2D eigenvalue weighted by Gasteiger charge is -2.27. The minimum atomic E-state index is 0. The zero-order chi connectivity index (χ0) is 20.7. The molecular weight excluding hydrogens is 386 g/mol. The van der Waals surface area contributed by atoms with Crippen LogP contribution in [-0.4, -0.2) is 6.04 Å². The van der Waals surface area contributed by atoms with E-state index in [0.717, 1.165) is 12.8 Å². The molecule has 0 spiro atoms. The Kier molecular flexibility index (Phi) is 14.6. The van der Waals surface area contributed by atoms with Crippen molar-refractivity contribution in [2.24, 2.45) is 5.73 Å². The third-order valence-corrected chi connectivity index (χ3v) is 6.36. The van der Waals surface area contributed by atoms with E-state index in [9.17, 15) is 0 Å². The summed E-state index contributed by atoms with van der Waals surface area (Å²) in [6.07, 6.45) is 14.6. The fourth-order valence-corrected chi connectivity index (χ4v) is 4.45. The van der Waals surface area contributed by atoms with Crippen LogP contribution in [0.15, 0.2) is 60.7 Å². The van der Waals surface area contributed by atoms with Gasteiger partial charge in [-0.05, 0) is 35.8 Å². The molecule has 3 unspecified atom stereocenters. The van der Waals surface area contributed by atoms with Crippen molar-refractivity contribution >= 4 is 12.4 Å². The number of nitrogens with two attached hydrogens (primary N) is 1. The Morgan fingerprint density at radius 2 is 1.13 bits per heavy atom. The van der Waals surface area contributed by atoms with Gasteiger partial charge >= 0.3 is 0 Å². The van der Waals surface area contributed by atoms with Crippen molar-refractivity contribution in [3.8, 4) is 0 Å². The summed E-state index contributed by atoms with van der Waals surface area (Å²) < 4.78 is 0. The number of hydrogen-bond donors (Lipinski definition) is 1. The van der Waals surface area contributed by atoms with Crippen LogP contribution in [0.25, 0.3) is 0 Å². The van der Waals surface area contributed by atoms with Gasteiger partial charge < -0.3 is 5.73 Å². The second-order valence-electron chi connectivity index (χ2n) is 8.85. The van der Waals surface area contributed by atoms with Crippen LogP contribution in [0.3, 0.4) is 0 Å². The summed E-state index contributed by atoms with van der Waals surface area (Å²) >= 11 is 0. The minimum absolute atomic E-state index is 0. The minimum Gasteiger partial charge on any atom is -0.327 e. The molecule has 0 amide bonds. The van der Waals surface area contributed by atoms with Gasteiger partial charge in [-0.2, -0.15) is 0 Å². The smallest absolute Gasteiger partial charge is 0.0108 e. The molecule has 0 saturated carbocycles. The molecular formula is C28H44ClN. The maximum Gasteiger partial charge on any atom is 0.0108 e. The van der Waals surface area contributed by atoms with Crippen molar-refractivity contribution in [2.45, 2.75) is 102 Å².